The van der Waals surface area contributed by atoms with E-state index < -0.39 is 27.5 Å². The summed E-state index contributed by atoms with van der Waals surface area (Å²) in [6, 6.07) is 2.63. The van der Waals surface area contributed by atoms with E-state index >= 15 is 0 Å². The van der Waals surface area contributed by atoms with E-state index in [2.05, 4.69) is 4.98 Å². The van der Waals surface area contributed by atoms with Crippen molar-refractivity contribution in [2.45, 2.75) is 11.3 Å². The maximum atomic E-state index is 12.1. The van der Waals surface area contributed by atoms with Gasteiger partial charge in [-0.2, -0.15) is 4.31 Å². The number of rotatable bonds is 3. The minimum Gasteiger partial charge on any atom is -0.481 e. The Morgan fingerprint density at radius 1 is 1.50 bits per heavy atom. The van der Waals surface area contributed by atoms with E-state index in [9.17, 15) is 18.0 Å². The summed E-state index contributed by atoms with van der Waals surface area (Å²) in [6.07, 6.45) is 1.60. The number of aromatic nitrogens is 1. The van der Waals surface area contributed by atoms with Gasteiger partial charge in [0.2, 0.25) is 10.0 Å². The highest BCUT2D eigenvalue weighted by Crippen LogP contribution is 2.22. The first-order valence-corrected chi connectivity index (χ1v) is 6.77. The Kier molecular flexibility index (Phi) is 3.22. The maximum absolute atomic E-state index is 12.1. The number of H-pyrrole nitrogens is 1. The lowest BCUT2D eigenvalue weighted by molar-refractivity contribution is -0.141. The number of nitrogens with zero attached hydrogens (tertiary/aromatic N) is 1. The van der Waals surface area contributed by atoms with Crippen molar-refractivity contribution < 1.29 is 18.3 Å². The minimum absolute atomic E-state index is 0.0913. The van der Waals surface area contributed by atoms with Crippen molar-refractivity contribution in [1.82, 2.24) is 9.29 Å². The third kappa shape index (κ3) is 2.16. The molecule has 8 heteroatoms. The summed E-state index contributed by atoms with van der Waals surface area (Å²) in [5.74, 6) is -1.72. The van der Waals surface area contributed by atoms with Gasteiger partial charge in [0.25, 0.3) is 5.56 Å². The smallest absolute Gasteiger partial charge is 0.307 e. The van der Waals surface area contributed by atoms with Crippen molar-refractivity contribution in [2.24, 2.45) is 5.92 Å². The van der Waals surface area contributed by atoms with Crippen LogP contribution in [-0.2, 0) is 14.8 Å². The van der Waals surface area contributed by atoms with Crippen LogP contribution in [0.5, 0.6) is 0 Å². The van der Waals surface area contributed by atoms with Gasteiger partial charge in [0.05, 0.1) is 5.92 Å². The Bertz CT molecular complexity index is 621. The lowest BCUT2D eigenvalue weighted by atomic mass is 10.1. The summed E-state index contributed by atoms with van der Waals surface area (Å²) in [5.41, 5.74) is -0.698. The van der Waals surface area contributed by atoms with Gasteiger partial charge in [-0.05, 0) is 18.6 Å². The van der Waals surface area contributed by atoms with Crippen LogP contribution < -0.4 is 5.56 Å². The number of aromatic amines is 1. The maximum Gasteiger partial charge on any atom is 0.307 e. The Morgan fingerprint density at radius 3 is 2.78 bits per heavy atom. The second kappa shape index (κ2) is 4.54. The number of carbonyl (C=O) groups is 1. The van der Waals surface area contributed by atoms with Crippen LogP contribution in [0.4, 0.5) is 0 Å². The molecule has 0 bridgehead atoms. The van der Waals surface area contributed by atoms with Gasteiger partial charge in [-0.1, -0.05) is 0 Å². The lowest BCUT2D eigenvalue weighted by Gasteiger charge is -2.14. The van der Waals surface area contributed by atoms with Crippen LogP contribution in [0.3, 0.4) is 0 Å². The molecule has 0 amide bonds. The molecule has 1 unspecified atom stereocenters. The molecular weight excluding hydrogens is 260 g/mol. The molecule has 1 atom stereocenters. The molecule has 1 aromatic rings. The fourth-order valence-electron chi connectivity index (χ4n) is 1.90. The lowest BCUT2D eigenvalue weighted by Crippen LogP contribution is -2.33. The van der Waals surface area contributed by atoms with Gasteiger partial charge in [0.1, 0.15) is 4.90 Å². The predicted molar refractivity (Wildman–Crippen MR) is 61.6 cm³/mol. The molecule has 0 aliphatic carbocycles. The molecule has 1 aliphatic rings. The molecule has 18 heavy (non-hydrogen) atoms. The molecule has 0 spiro atoms. The quantitative estimate of drug-likeness (QED) is 0.769. The van der Waals surface area contributed by atoms with E-state index in [0.717, 1.165) is 4.31 Å². The number of hydrogen-bond donors (Lipinski definition) is 2. The van der Waals surface area contributed by atoms with Gasteiger partial charge in [-0.15, -0.1) is 0 Å². The Balaban J connectivity index is 2.32. The van der Waals surface area contributed by atoms with Crippen molar-refractivity contribution in [3.63, 3.8) is 0 Å². The molecule has 1 fully saturated rings. The SMILES string of the molecule is O=C(O)C1CCN(S(=O)(=O)c2ccc[nH]c2=O)C1. The van der Waals surface area contributed by atoms with Gasteiger partial charge < -0.3 is 10.1 Å². The standard InChI is InChI=1S/C10H12N2O5S/c13-9-8(2-1-4-11-9)18(16,17)12-5-3-7(6-12)10(14)15/h1-2,4,7H,3,5-6H2,(H,11,13)(H,14,15). The van der Waals surface area contributed by atoms with Crippen LogP contribution >= 0.6 is 0 Å². The van der Waals surface area contributed by atoms with E-state index in [1.54, 1.807) is 0 Å². The molecule has 2 heterocycles. The summed E-state index contributed by atoms with van der Waals surface area (Å²) < 4.78 is 25.3. The monoisotopic (exact) mass is 272 g/mol. The van der Waals surface area contributed by atoms with Crippen LogP contribution in [0.2, 0.25) is 0 Å². The number of carboxylic acids is 1. The van der Waals surface area contributed by atoms with Crippen LogP contribution in [0.15, 0.2) is 28.0 Å². The van der Waals surface area contributed by atoms with Crippen molar-refractivity contribution in [3.8, 4) is 0 Å². The first-order valence-electron chi connectivity index (χ1n) is 5.33. The van der Waals surface area contributed by atoms with E-state index in [1.165, 1.54) is 18.3 Å². The Labute approximate surface area is 103 Å². The van der Waals surface area contributed by atoms with Gasteiger partial charge in [-0.3, -0.25) is 9.59 Å². The van der Waals surface area contributed by atoms with Gasteiger partial charge in [0, 0.05) is 19.3 Å². The first kappa shape index (κ1) is 12.8. The van der Waals surface area contributed by atoms with E-state index in [0.29, 0.717) is 0 Å². The zero-order chi connectivity index (χ0) is 13.3. The molecular formula is C10H12N2O5S. The number of sulfonamides is 1. The van der Waals surface area contributed by atoms with Gasteiger partial charge >= 0.3 is 5.97 Å². The average Bonchev–Trinajstić information content (AvgIpc) is 2.79. The van der Waals surface area contributed by atoms with Crippen LogP contribution in [-0.4, -0.2) is 41.9 Å². The normalized spacial score (nSPS) is 21.0. The highest BCUT2D eigenvalue weighted by atomic mass is 32.2. The minimum atomic E-state index is -3.91. The molecule has 2 N–H and O–H groups in total. The molecule has 98 valence electrons. The summed E-state index contributed by atoms with van der Waals surface area (Å²) in [6.45, 7) is 0.0274. The molecule has 0 radical (unpaired) electrons. The van der Waals surface area contributed by atoms with E-state index in [4.69, 9.17) is 5.11 Å². The fraction of sp³-hybridized carbons (Fsp3) is 0.400. The first-order chi connectivity index (χ1) is 8.43. The van der Waals surface area contributed by atoms with Crippen molar-refractivity contribution >= 4 is 16.0 Å². The zero-order valence-electron chi connectivity index (χ0n) is 9.37. The predicted octanol–water partition coefficient (Wildman–Crippen LogP) is -0.530. The number of carboxylic acid groups (broad SMARTS) is 1. The van der Waals surface area contributed by atoms with Crippen molar-refractivity contribution in [1.29, 1.82) is 0 Å². The van der Waals surface area contributed by atoms with Crippen molar-refractivity contribution in [3.05, 3.63) is 28.7 Å². The topological polar surface area (TPSA) is 108 Å². The highest BCUT2D eigenvalue weighted by Gasteiger charge is 2.36. The number of nitrogens with one attached hydrogen (secondary N) is 1. The molecule has 0 saturated carbocycles. The van der Waals surface area contributed by atoms with Crippen molar-refractivity contribution in [2.75, 3.05) is 13.1 Å². The van der Waals surface area contributed by atoms with Crippen LogP contribution in [0.1, 0.15) is 6.42 Å². The second-order valence-electron chi connectivity index (χ2n) is 4.05. The summed E-state index contributed by atoms with van der Waals surface area (Å²) >= 11 is 0. The average molecular weight is 272 g/mol. The zero-order valence-corrected chi connectivity index (χ0v) is 10.2. The second-order valence-corrected chi connectivity index (χ2v) is 5.96. The number of aliphatic carboxylic acids is 1. The fourth-order valence-corrected chi connectivity index (χ4v) is 3.44. The third-order valence-electron chi connectivity index (χ3n) is 2.90. The number of hydrogen-bond acceptors (Lipinski definition) is 4. The Morgan fingerprint density at radius 2 is 2.22 bits per heavy atom. The largest absolute Gasteiger partial charge is 0.481 e. The molecule has 1 aromatic heterocycles. The van der Waals surface area contributed by atoms with Crippen LogP contribution in [0, 0.1) is 5.92 Å². The molecule has 2 rings (SSSR count). The summed E-state index contributed by atoms with van der Waals surface area (Å²) in [7, 11) is -3.91. The molecule has 7 nitrogen and oxygen atoms in total. The summed E-state index contributed by atoms with van der Waals surface area (Å²) in [5, 5.41) is 8.83. The molecule has 0 aromatic carbocycles. The van der Waals surface area contributed by atoms with E-state index in [-0.39, 0.29) is 24.4 Å². The third-order valence-corrected chi connectivity index (χ3v) is 4.79. The molecule has 1 saturated heterocycles. The molecule has 1 aliphatic heterocycles. The van der Waals surface area contributed by atoms with Gasteiger partial charge in [0.15, 0.2) is 0 Å². The number of pyridine rings is 1. The van der Waals surface area contributed by atoms with Gasteiger partial charge in [-0.25, -0.2) is 8.42 Å². The van der Waals surface area contributed by atoms with E-state index in [1.807, 2.05) is 0 Å². The Hall–Kier alpha value is -1.67. The summed E-state index contributed by atoms with van der Waals surface area (Å²) in [4.78, 5) is 24.2. The van der Waals surface area contributed by atoms with Crippen LogP contribution in [0.25, 0.3) is 0 Å². The highest BCUT2D eigenvalue weighted by molar-refractivity contribution is 7.89.